The van der Waals surface area contributed by atoms with Crippen LogP contribution in [0.5, 0.6) is 0 Å². The molecule has 1 fully saturated rings. The highest BCUT2D eigenvalue weighted by Gasteiger charge is 2.33. The SMILES string of the molecule is CC(=O)N1CCC(C)(c2cc(=O)[nH][nH]2)CC1. The lowest BCUT2D eigenvalue weighted by atomic mass is 9.77. The lowest BCUT2D eigenvalue weighted by Crippen LogP contribution is -2.43. The zero-order valence-electron chi connectivity index (χ0n) is 9.67. The number of piperidine rings is 1. The summed E-state index contributed by atoms with van der Waals surface area (Å²) in [7, 11) is 0. The molecule has 1 amide bonds. The molecule has 88 valence electrons. The highest BCUT2D eigenvalue weighted by atomic mass is 16.2. The normalized spacial score (nSPS) is 19.8. The molecular formula is C11H17N3O2. The fraction of sp³-hybridized carbons (Fsp3) is 0.636. The average Bonchev–Trinajstić information content (AvgIpc) is 2.66. The van der Waals surface area contributed by atoms with E-state index in [4.69, 9.17) is 0 Å². The summed E-state index contributed by atoms with van der Waals surface area (Å²) in [6, 6.07) is 1.61. The van der Waals surface area contributed by atoms with Crippen LogP contribution in [0.15, 0.2) is 10.9 Å². The Balaban J connectivity index is 2.12. The number of H-pyrrole nitrogens is 2. The van der Waals surface area contributed by atoms with E-state index in [1.54, 1.807) is 13.0 Å². The molecule has 1 aliphatic rings. The lowest BCUT2D eigenvalue weighted by molar-refractivity contribution is -0.130. The number of aromatic amines is 2. The third-order valence-electron chi connectivity index (χ3n) is 3.56. The molecule has 0 bridgehead atoms. The van der Waals surface area contributed by atoms with Gasteiger partial charge in [0.25, 0.3) is 5.56 Å². The van der Waals surface area contributed by atoms with Gasteiger partial charge < -0.3 is 10.00 Å². The first-order valence-corrected chi connectivity index (χ1v) is 5.55. The lowest BCUT2D eigenvalue weighted by Gasteiger charge is -2.38. The van der Waals surface area contributed by atoms with E-state index in [0.29, 0.717) is 0 Å². The Labute approximate surface area is 93.8 Å². The molecule has 0 spiro atoms. The molecule has 2 heterocycles. The van der Waals surface area contributed by atoms with Gasteiger partial charge in [-0.2, -0.15) is 0 Å². The van der Waals surface area contributed by atoms with Crippen molar-refractivity contribution >= 4 is 5.91 Å². The van der Waals surface area contributed by atoms with Gasteiger partial charge in [0.1, 0.15) is 0 Å². The topological polar surface area (TPSA) is 69.0 Å². The molecule has 1 aromatic rings. The van der Waals surface area contributed by atoms with Crippen molar-refractivity contribution in [1.82, 2.24) is 15.1 Å². The number of nitrogens with one attached hydrogen (secondary N) is 2. The van der Waals surface area contributed by atoms with Gasteiger partial charge in [-0.25, -0.2) is 0 Å². The molecule has 0 saturated carbocycles. The van der Waals surface area contributed by atoms with Crippen molar-refractivity contribution in [3.8, 4) is 0 Å². The van der Waals surface area contributed by atoms with Crippen molar-refractivity contribution in [3.05, 3.63) is 22.1 Å². The quantitative estimate of drug-likeness (QED) is 0.732. The van der Waals surface area contributed by atoms with Gasteiger partial charge in [-0.1, -0.05) is 6.92 Å². The van der Waals surface area contributed by atoms with E-state index in [0.717, 1.165) is 31.6 Å². The van der Waals surface area contributed by atoms with Gasteiger partial charge in [-0.3, -0.25) is 14.7 Å². The summed E-state index contributed by atoms with van der Waals surface area (Å²) in [5.74, 6) is 0.129. The fourth-order valence-electron chi connectivity index (χ4n) is 2.24. The largest absolute Gasteiger partial charge is 0.343 e. The van der Waals surface area contributed by atoms with E-state index in [9.17, 15) is 9.59 Å². The Bertz CT molecular complexity index is 438. The van der Waals surface area contributed by atoms with E-state index in [1.807, 2.05) is 4.90 Å². The molecule has 1 aromatic heterocycles. The third-order valence-corrected chi connectivity index (χ3v) is 3.56. The maximum Gasteiger partial charge on any atom is 0.264 e. The van der Waals surface area contributed by atoms with Crippen molar-refractivity contribution in [2.75, 3.05) is 13.1 Å². The van der Waals surface area contributed by atoms with Gasteiger partial charge in [0.2, 0.25) is 5.91 Å². The molecule has 2 rings (SSSR count). The molecule has 5 heteroatoms. The van der Waals surface area contributed by atoms with Crippen LogP contribution in [0.3, 0.4) is 0 Å². The number of rotatable bonds is 1. The van der Waals surface area contributed by atoms with Gasteiger partial charge >= 0.3 is 0 Å². The summed E-state index contributed by atoms with van der Waals surface area (Å²) >= 11 is 0. The highest BCUT2D eigenvalue weighted by molar-refractivity contribution is 5.73. The minimum absolute atomic E-state index is 0.0227. The predicted molar refractivity (Wildman–Crippen MR) is 60.3 cm³/mol. The first-order valence-electron chi connectivity index (χ1n) is 5.55. The Hall–Kier alpha value is -1.52. The van der Waals surface area contributed by atoms with Crippen LogP contribution in [0.1, 0.15) is 32.4 Å². The van der Waals surface area contributed by atoms with Gasteiger partial charge in [0.15, 0.2) is 0 Å². The van der Waals surface area contributed by atoms with E-state index < -0.39 is 0 Å². The van der Waals surface area contributed by atoms with Crippen LogP contribution in [0.25, 0.3) is 0 Å². The first-order chi connectivity index (χ1) is 7.51. The molecule has 2 N–H and O–H groups in total. The average molecular weight is 223 g/mol. The van der Waals surface area contributed by atoms with Gasteiger partial charge in [0, 0.05) is 37.2 Å². The second-order valence-corrected chi connectivity index (χ2v) is 4.74. The van der Waals surface area contributed by atoms with Crippen LogP contribution < -0.4 is 5.56 Å². The number of carbonyl (C=O) groups is 1. The van der Waals surface area contributed by atoms with Gasteiger partial charge in [-0.15, -0.1) is 0 Å². The summed E-state index contributed by atoms with van der Waals surface area (Å²) in [6.07, 6.45) is 1.78. The van der Waals surface area contributed by atoms with Crippen molar-refractivity contribution < 1.29 is 4.79 Å². The number of hydrogen-bond donors (Lipinski definition) is 2. The van der Waals surface area contributed by atoms with Gasteiger partial charge in [-0.05, 0) is 12.8 Å². The van der Waals surface area contributed by atoms with Crippen LogP contribution in [-0.2, 0) is 10.2 Å². The van der Waals surface area contributed by atoms with Crippen LogP contribution in [0.4, 0.5) is 0 Å². The van der Waals surface area contributed by atoms with Crippen molar-refractivity contribution in [2.24, 2.45) is 0 Å². The molecular weight excluding hydrogens is 206 g/mol. The standard InChI is InChI=1S/C11H17N3O2/c1-8(15)14-5-3-11(2,4-6-14)9-7-10(16)13-12-9/h7H,3-6H2,1-2H3,(H2,12,13,16). The Morgan fingerprint density at radius 2 is 2.00 bits per heavy atom. The van der Waals surface area contributed by atoms with Crippen LogP contribution >= 0.6 is 0 Å². The maximum atomic E-state index is 11.2. The van der Waals surface area contributed by atoms with E-state index in [-0.39, 0.29) is 16.9 Å². The number of nitrogens with zero attached hydrogens (tertiary/aromatic N) is 1. The summed E-state index contributed by atoms with van der Waals surface area (Å²) < 4.78 is 0. The van der Waals surface area contributed by atoms with Gasteiger partial charge in [0.05, 0.1) is 0 Å². The van der Waals surface area contributed by atoms with Crippen LogP contribution in [0, 0.1) is 0 Å². The monoisotopic (exact) mass is 223 g/mol. The summed E-state index contributed by atoms with van der Waals surface area (Å²) in [5, 5.41) is 5.48. The van der Waals surface area contributed by atoms with E-state index >= 15 is 0 Å². The zero-order valence-corrected chi connectivity index (χ0v) is 9.67. The second-order valence-electron chi connectivity index (χ2n) is 4.74. The minimum Gasteiger partial charge on any atom is -0.343 e. The minimum atomic E-state index is -0.0924. The smallest absolute Gasteiger partial charge is 0.264 e. The molecule has 0 aliphatic carbocycles. The zero-order chi connectivity index (χ0) is 11.8. The van der Waals surface area contributed by atoms with E-state index in [2.05, 4.69) is 17.1 Å². The van der Waals surface area contributed by atoms with Crippen molar-refractivity contribution in [3.63, 3.8) is 0 Å². The molecule has 0 unspecified atom stereocenters. The Morgan fingerprint density at radius 1 is 1.38 bits per heavy atom. The molecule has 0 radical (unpaired) electrons. The molecule has 0 aromatic carbocycles. The summed E-state index contributed by atoms with van der Waals surface area (Å²) in [4.78, 5) is 24.2. The third kappa shape index (κ3) is 1.89. The number of hydrogen-bond acceptors (Lipinski definition) is 2. The summed E-state index contributed by atoms with van der Waals surface area (Å²) in [6.45, 7) is 5.25. The maximum absolute atomic E-state index is 11.2. The number of carbonyl (C=O) groups excluding carboxylic acids is 1. The van der Waals surface area contributed by atoms with Crippen molar-refractivity contribution in [1.29, 1.82) is 0 Å². The number of aromatic nitrogens is 2. The molecule has 5 nitrogen and oxygen atoms in total. The van der Waals surface area contributed by atoms with E-state index in [1.165, 1.54) is 0 Å². The molecule has 1 saturated heterocycles. The number of amides is 1. The van der Waals surface area contributed by atoms with Crippen molar-refractivity contribution in [2.45, 2.75) is 32.1 Å². The number of likely N-dealkylation sites (tertiary alicyclic amines) is 1. The molecule has 1 aliphatic heterocycles. The summed E-state index contributed by atoms with van der Waals surface area (Å²) in [5.41, 5.74) is 0.830. The first kappa shape index (κ1) is 11.0. The Morgan fingerprint density at radius 3 is 2.44 bits per heavy atom. The predicted octanol–water partition coefficient (Wildman–Crippen LogP) is 0.603. The van der Waals surface area contributed by atoms with Crippen LogP contribution in [-0.4, -0.2) is 34.1 Å². The highest BCUT2D eigenvalue weighted by Crippen LogP contribution is 2.32. The van der Waals surface area contributed by atoms with Crippen LogP contribution in [0.2, 0.25) is 0 Å². The second kappa shape index (κ2) is 3.81. The fourth-order valence-corrected chi connectivity index (χ4v) is 2.24. The molecule has 16 heavy (non-hydrogen) atoms. The Kier molecular flexibility index (Phi) is 2.61. The molecule has 0 atom stereocenters.